The molecular formula is C12H14O. The van der Waals surface area contributed by atoms with Crippen LogP contribution in [0.5, 0.6) is 0 Å². The van der Waals surface area contributed by atoms with Crippen LogP contribution in [0.15, 0.2) is 36.0 Å². The molecule has 0 aromatic carbocycles. The van der Waals surface area contributed by atoms with Crippen molar-refractivity contribution in [3.05, 3.63) is 36.0 Å². The first-order valence-corrected chi connectivity index (χ1v) is 4.92. The van der Waals surface area contributed by atoms with E-state index in [1.807, 2.05) is 0 Å². The van der Waals surface area contributed by atoms with Gasteiger partial charge >= 0.3 is 0 Å². The van der Waals surface area contributed by atoms with Crippen molar-refractivity contribution in [1.29, 1.82) is 0 Å². The van der Waals surface area contributed by atoms with Crippen molar-refractivity contribution in [2.45, 2.75) is 31.5 Å². The third-order valence-corrected chi connectivity index (χ3v) is 3.49. The SMILES string of the molecule is C[C@]12C=C[C@](C)(O1)[C@H]1C=CCC=C12. The fourth-order valence-electron chi connectivity index (χ4n) is 2.82. The van der Waals surface area contributed by atoms with Gasteiger partial charge < -0.3 is 4.74 Å². The molecule has 0 N–H and O–H groups in total. The molecule has 2 heterocycles. The summed E-state index contributed by atoms with van der Waals surface area (Å²) in [5, 5.41) is 0. The molecule has 0 amide bonds. The summed E-state index contributed by atoms with van der Waals surface area (Å²) in [4.78, 5) is 0. The van der Waals surface area contributed by atoms with Crippen LogP contribution in [0.2, 0.25) is 0 Å². The summed E-state index contributed by atoms with van der Waals surface area (Å²) in [7, 11) is 0. The summed E-state index contributed by atoms with van der Waals surface area (Å²) in [6.07, 6.45) is 12.3. The fraction of sp³-hybridized carbons (Fsp3) is 0.500. The predicted octanol–water partition coefficient (Wildman–Crippen LogP) is 2.61. The molecule has 3 atom stereocenters. The van der Waals surface area contributed by atoms with Gasteiger partial charge in [-0.3, -0.25) is 0 Å². The maximum atomic E-state index is 6.06. The lowest BCUT2D eigenvalue weighted by Crippen LogP contribution is -2.28. The second kappa shape index (κ2) is 1.98. The van der Waals surface area contributed by atoms with E-state index >= 15 is 0 Å². The second-order valence-electron chi connectivity index (χ2n) is 4.53. The standard InChI is InChI=1S/C12H14O/c1-11-7-8-12(2,13-11)10-6-4-3-5-9(10)11/h3,5-9H,4H2,1-2H3/t9-,11-,12+/m0/s1. The Hall–Kier alpha value is -0.820. The van der Waals surface area contributed by atoms with Crippen LogP contribution in [0.25, 0.3) is 0 Å². The quantitative estimate of drug-likeness (QED) is 0.513. The monoisotopic (exact) mass is 174 g/mol. The minimum absolute atomic E-state index is 0.0719. The van der Waals surface area contributed by atoms with Gasteiger partial charge in [0.2, 0.25) is 0 Å². The molecule has 3 aliphatic rings. The average molecular weight is 174 g/mol. The second-order valence-corrected chi connectivity index (χ2v) is 4.53. The molecule has 2 aliphatic heterocycles. The number of fused-ring (bicyclic) bond motifs is 5. The van der Waals surface area contributed by atoms with E-state index in [-0.39, 0.29) is 11.2 Å². The normalized spacial score (nSPS) is 50.9. The summed E-state index contributed by atoms with van der Waals surface area (Å²) in [6.45, 7) is 4.34. The zero-order valence-corrected chi connectivity index (χ0v) is 8.08. The minimum Gasteiger partial charge on any atom is -0.356 e. The molecule has 3 rings (SSSR count). The van der Waals surface area contributed by atoms with Crippen LogP contribution in [0.1, 0.15) is 20.3 Å². The predicted molar refractivity (Wildman–Crippen MR) is 52.4 cm³/mol. The Morgan fingerprint density at radius 1 is 1.38 bits per heavy atom. The molecule has 1 heteroatoms. The lowest BCUT2D eigenvalue weighted by Gasteiger charge is -2.26. The number of allylic oxidation sites excluding steroid dienone is 2. The van der Waals surface area contributed by atoms with Crippen LogP contribution in [0, 0.1) is 5.92 Å². The molecule has 0 aromatic rings. The third kappa shape index (κ3) is 0.761. The lowest BCUT2D eigenvalue weighted by molar-refractivity contribution is -0.0117. The first-order valence-electron chi connectivity index (χ1n) is 4.92. The molecule has 0 saturated carbocycles. The van der Waals surface area contributed by atoms with Crippen molar-refractivity contribution in [2.24, 2.45) is 5.92 Å². The molecule has 68 valence electrons. The van der Waals surface area contributed by atoms with Crippen molar-refractivity contribution in [2.75, 3.05) is 0 Å². The molecular weight excluding hydrogens is 160 g/mol. The molecule has 1 aliphatic carbocycles. The Balaban J connectivity index is 2.19. The highest BCUT2D eigenvalue weighted by Gasteiger charge is 2.55. The summed E-state index contributed by atoms with van der Waals surface area (Å²) in [5.41, 5.74) is 1.28. The van der Waals surface area contributed by atoms with Gasteiger partial charge in [-0.15, -0.1) is 0 Å². The topological polar surface area (TPSA) is 9.23 Å². The van der Waals surface area contributed by atoms with E-state index < -0.39 is 0 Å². The van der Waals surface area contributed by atoms with E-state index in [1.54, 1.807) is 0 Å². The summed E-state index contributed by atoms with van der Waals surface area (Å²) < 4.78 is 6.06. The van der Waals surface area contributed by atoms with Gasteiger partial charge in [-0.2, -0.15) is 0 Å². The summed E-state index contributed by atoms with van der Waals surface area (Å²) in [6, 6.07) is 0. The lowest BCUT2D eigenvalue weighted by atomic mass is 9.74. The molecule has 1 fully saturated rings. The molecule has 0 spiro atoms. The number of hydrogen-bond acceptors (Lipinski definition) is 1. The maximum Gasteiger partial charge on any atom is 0.106 e. The highest BCUT2D eigenvalue weighted by atomic mass is 16.5. The van der Waals surface area contributed by atoms with Gasteiger partial charge in [0.1, 0.15) is 5.60 Å². The van der Waals surface area contributed by atoms with E-state index in [9.17, 15) is 0 Å². The van der Waals surface area contributed by atoms with Crippen molar-refractivity contribution < 1.29 is 4.74 Å². The zero-order chi connectivity index (χ0) is 9.10. The van der Waals surface area contributed by atoms with Gasteiger partial charge in [-0.05, 0) is 25.8 Å². The van der Waals surface area contributed by atoms with Gasteiger partial charge in [0.15, 0.2) is 0 Å². The van der Waals surface area contributed by atoms with Crippen LogP contribution < -0.4 is 0 Å². The number of hydrogen-bond donors (Lipinski definition) is 0. The van der Waals surface area contributed by atoms with E-state index in [1.165, 1.54) is 5.57 Å². The molecule has 0 aromatic heterocycles. The summed E-state index contributed by atoms with van der Waals surface area (Å²) in [5.74, 6) is 0.483. The molecule has 1 nitrogen and oxygen atoms in total. The van der Waals surface area contributed by atoms with Crippen LogP contribution in [0.4, 0.5) is 0 Å². The summed E-state index contributed by atoms with van der Waals surface area (Å²) >= 11 is 0. The zero-order valence-electron chi connectivity index (χ0n) is 8.08. The Labute approximate surface area is 78.8 Å². The minimum atomic E-state index is -0.107. The number of rotatable bonds is 0. The smallest absolute Gasteiger partial charge is 0.106 e. The highest BCUT2D eigenvalue weighted by Crippen LogP contribution is 2.54. The number of ether oxygens (including phenoxy) is 1. The first-order chi connectivity index (χ1) is 6.14. The Morgan fingerprint density at radius 3 is 3.00 bits per heavy atom. The van der Waals surface area contributed by atoms with Crippen molar-refractivity contribution in [3.8, 4) is 0 Å². The average Bonchev–Trinajstić information content (AvgIpc) is 2.55. The van der Waals surface area contributed by atoms with Gasteiger partial charge in [0.05, 0.1) is 5.60 Å². The molecule has 2 bridgehead atoms. The Morgan fingerprint density at radius 2 is 2.23 bits per heavy atom. The van der Waals surface area contributed by atoms with E-state index in [0.29, 0.717) is 5.92 Å². The first kappa shape index (κ1) is 7.57. The molecule has 0 unspecified atom stereocenters. The fourth-order valence-corrected chi connectivity index (χ4v) is 2.82. The van der Waals surface area contributed by atoms with Crippen molar-refractivity contribution >= 4 is 0 Å². The molecule has 0 radical (unpaired) electrons. The van der Waals surface area contributed by atoms with Crippen molar-refractivity contribution in [1.82, 2.24) is 0 Å². The van der Waals surface area contributed by atoms with E-state index in [0.717, 1.165) is 6.42 Å². The van der Waals surface area contributed by atoms with Crippen LogP contribution in [0.3, 0.4) is 0 Å². The van der Waals surface area contributed by atoms with Crippen LogP contribution in [-0.4, -0.2) is 11.2 Å². The van der Waals surface area contributed by atoms with Gasteiger partial charge in [0.25, 0.3) is 0 Å². The third-order valence-electron chi connectivity index (χ3n) is 3.49. The van der Waals surface area contributed by atoms with Crippen molar-refractivity contribution in [3.63, 3.8) is 0 Å². The van der Waals surface area contributed by atoms with E-state index in [2.05, 4.69) is 44.2 Å². The highest BCUT2D eigenvalue weighted by molar-refractivity contribution is 5.46. The largest absolute Gasteiger partial charge is 0.356 e. The molecule has 1 saturated heterocycles. The van der Waals surface area contributed by atoms with Crippen LogP contribution in [-0.2, 0) is 4.74 Å². The van der Waals surface area contributed by atoms with Gasteiger partial charge in [-0.25, -0.2) is 0 Å². The maximum absolute atomic E-state index is 6.06. The Kier molecular flexibility index (Phi) is 1.15. The van der Waals surface area contributed by atoms with Gasteiger partial charge in [0, 0.05) is 5.92 Å². The Bertz CT molecular complexity index is 350. The molecule has 13 heavy (non-hydrogen) atoms. The van der Waals surface area contributed by atoms with Gasteiger partial charge in [-0.1, -0.05) is 30.4 Å². The van der Waals surface area contributed by atoms with Crippen LogP contribution >= 0.6 is 0 Å². The van der Waals surface area contributed by atoms with E-state index in [4.69, 9.17) is 4.74 Å².